The van der Waals surface area contributed by atoms with Gasteiger partial charge in [0.1, 0.15) is 5.82 Å². The van der Waals surface area contributed by atoms with Crippen molar-refractivity contribution in [2.45, 2.75) is 33.6 Å². The number of hydrogen-bond donors (Lipinski definition) is 1. The van der Waals surface area contributed by atoms with E-state index in [1.807, 2.05) is 63.2 Å². The molecule has 1 N–H and O–H groups in total. The fourth-order valence-electron chi connectivity index (χ4n) is 4.13. The van der Waals surface area contributed by atoms with Crippen molar-refractivity contribution in [1.29, 1.82) is 0 Å². The van der Waals surface area contributed by atoms with Gasteiger partial charge in [-0.25, -0.2) is 4.98 Å². The van der Waals surface area contributed by atoms with Gasteiger partial charge in [-0.05, 0) is 68.3 Å². The lowest BCUT2D eigenvalue weighted by atomic mass is 10.1. The molecule has 206 valence electrons. The summed E-state index contributed by atoms with van der Waals surface area (Å²) < 4.78 is 14.0. The molecule has 0 aliphatic heterocycles. The highest BCUT2D eigenvalue weighted by Crippen LogP contribution is 2.33. The molecule has 1 amide bonds. The van der Waals surface area contributed by atoms with E-state index in [0.717, 1.165) is 15.6 Å². The molecule has 1 aromatic heterocycles. The van der Waals surface area contributed by atoms with Crippen LogP contribution >= 0.6 is 15.9 Å². The number of fused-ring (bicyclic) bond motifs is 1. The van der Waals surface area contributed by atoms with Gasteiger partial charge in [0.05, 0.1) is 23.7 Å². The van der Waals surface area contributed by atoms with Crippen LogP contribution in [-0.4, -0.2) is 35.0 Å². The minimum Gasteiger partial charge on any atom is -0.490 e. The number of rotatable bonds is 11. The molecule has 0 bridgehead atoms. The predicted molar refractivity (Wildman–Crippen MR) is 163 cm³/mol. The van der Waals surface area contributed by atoms with Gasteiger partial charge in [-0.3, -0.25) is 9.59 Å². The Kier molecular flexibility index (Phi) is 9.50. The summed E-state index contributed by atoms with van der Waals surface area (Å²) >= 11 is 3.42. The third kappa shape index (κ3) is 6.84. The second-order valence-corrected chi connectivity index (χ2v) is 9.96. The van der Waals surface area contributed by atoms with Crippen molar-refractivity contribution >= 4 is 44.6 Å². The van der Waals surface area contributed by atoms with Crippen LogP contribution in [0, 0.1) is 6.92 Å². The number of nitrogens with zero attached hydrogens (tertiary/aromatic N) is 3. The van der Waals surface area contributed by atoms with E-state index in [2.05, 4.69) is 37.9 Å². The Morgan fingerprint density at radius 2 is 1.90 bits per heavy atom. The number of allylic oxidation sites excluding steroid dienone is 1. The summed E-state index contributed by atoms with van der Waals surface area (Å²) in [5, 5.41) is 7.81. The Balaban J connectivity index is 1.64. The van der Waals surface area contributed by atoms with Crippen molar-refractivity contribution in [2.75, 3.05) is 18.5 Å². The SMILES string of the molecule is C=CCc1cc(C=Nn2c(CC)nc3ccc(Br)cc3c2=O)cc(OCC)c1OCC(=O)Nc1ccc(C)cc1. The molecular weight excluding hydrogens is 572 g/mol. The summed E-state index contributed by atoms with van der Waals surface area (Å²) in [5.74, 6) is 1.19. The number of hydrogen-bond acceptors (Lipinski definition) is 6. The van der Waals surface area contributed by atoms with Gasteiger partial charge >= 0.3 is 0 Å². The van der Waals surface area contributed by atoms with Gasteiger partial charge in [-0.1, -0.05) is 46.6 Å². The summed E-state index contributed by atoms with van der Waals surface area (Å²) in [5.41, 5.74) is 3.63. The lowest BCUT2D eigenvalue weighted by Gasteiger charge is -2.16. The van der Waals surface area contributed by atoms with E-state index < -0.39 is 0 Å². The Labute approximate surface area is 241 Å². The number of halogens is 1. The largest absolute Gasteiger partial charge is 0.490 e. The molecule has 4 aromatic rings. The van der Waals surface area contributed by atoms with Crippen molar-refractivity contribution in [2.24, 2.45) is 5.10 Å². The highest BCUT2D eigenvalue weighted by Gasteiger charge is 2.16. The van der Waals surface area contributed by atoms with Crippen LogP contribution in [0.25, 0.3) is 10.9 Å². The number of carbonyl (C=O) groups excluding carboxylic acids is 1. The van der Waals surface area contributed by atoms with Gasteiger partial charge < -0.3 is 14.8 Å². The summed E-state index contributed by atoms with van der Waals surface area (Å²) in [7, 11) is 0. The number of anilines is 1. The molecule has 0 spiro atoms. The number of aromatic nitrogens is 2. The first kappa shape index (κ1) is 28.8. The highest BCUT2D eigenvalue weighted by molar-refractivity contribution is 9.10. The number of aryl methyl sites for hydroxylation is 2. The molecule has 9 heteroatoms. The standard InChI is InChI=1S/C31H31BrN4O4/c1-5-8-22-15-21(18-33-36-28(6-2)35-26-14-11-23(32)17-25(26)31(36)38)16-27(39-7-3)30(22)40-19-29(37)34-24-12-9-20(4)10-13-24/h5,9-18H,1,6-8,19H2,2-4H3,(H,34,37). The van der Waals surface area contributed by atoms with Crippen LogP contribution in [0.5, 0.6) is 11.5 Å². The topological polar surface area (TPSA) is 94.8 Å². The molecule has 40 heavy (non-hydrogen) atoms. The maximum absolute atomic E-state index is 13.3. The Bertz CT molecular complexity index is 1630. The lowest BCUT2D eigenvalue weighted by Crippen LogP contribution is -2.22. The minimum absolute atomic E-state index is 0.195. The molecule has 4 rings (SSSR count). The first-order valence-electron chi connectivity index (χ1n) is 13.0. The zero-order valence-electron chi connectivity index (χ0n) is 22.7. The minimum atomic E-state index is -0.289. The highest BCUT2D eigenvalue weighted by atomic mass is 79.9. The smallest absolute Gasteiger partial charge is 0.282 e. The van der Waals surface area contributed by atoms with E-state index in [-0.39, 0.29) is 18.1 Å². The predicted octanol–water partition coefficient (Wildman–Crippen LogP) is 6.06. The van der Waals surface area contributed by atoms with Crippen molar-refractivity contribution in [3.05, 3.63) is 105 Å². The quantitative estimate of drug-likeness (QED) is 0.166. The lowest BCUT2D eigenvalue weighted by molar-refractivity contribution is -0.118. The third-order valence-corrected chi connectivity index (χ3v) is 6.51. The molecule has 0 radical (unpaired) electrons. The molecule has 0 unspecified atom stereocenters. The molecule has 0 saturated heterocycles. The number of benzene rings is 3. The normalized spacial score (nSPS) is 11.1. The van der Waals surface area contributed by atoms with Crippen LogP contribution in [0.3, 0.4) is 0 Å². The molecule has 0 aliphatic carbocycles. The molecule has 0 fully saturated rings. The maximum Gasteiger partial charge on any atom is 0.282 e. The van der Waals surface area contributed by atoms with E-state index in [1.54, 1.807) is 24.4 Å². The van der Waals surface area contributed by atoms with Gasteiger partial charge in [-0.15, -0.1) is 6.58 Å². The number of ether oxygens (including phenoxy) is 2. The average molecular weight is 604 g/mol. The first-order chi connectivity index (χ1) is 19.3. The summed E-state index contributed by atoms with van der Waals surface area (Å²) in [6, 6.07) is 16.6. The van der Waals surface area contributed by atoms with Gasteiger partial charge in [0.2, 0.25) is 0 Å². The first-order valence-corrected chi connectivity index (χ1v) is 13.8. The Morgan fingerprint density at radius 1 is 1.12 bits per heavy atom. The maximum atomic E-state index is 13.3. The molecule has 0 atom stereocenters. The summed E-state index contributed by atoms with van der Waals surface area (Å²) in [6.45, 7) is 9.83. The van der Waals surface area contributed by atoms with Crippen molar-refractivity contribution < 1.29 is 14.3 Å². The van der Waals surface area contributed by atoms with Crippen LogP contribution in [-0.2, 0) is 17.6 Å². The van der Waals surface area contributed by atoms with Crippen LogP contribution < -0.4 is 20.3 Å². The second-order valence-electron chi connectivity index (χ2n) is 9.04. The fourth-order valence-corrected chi connectivity index (χ4v) is 4.49. The third-order valence-electron chi connectivity index (χ3n) is 6.01. The van der Waals surface area contributed by atoms with Crippen LogP contribution in [0.15, 0.2) is 81.6 Å². The van der Waals surface area contributed by atoms with Gasteiger partial charge in [-0.2, -0.15) is 9.78 Å². The van der Waals surface area contributed by atoms with E-state index in [9.17, 15) is 9.59 Å². The van der Waals surface area contributed by atoms with Crippen LogP contribution in [0.1, 0.15) is 36.4 Å². The molecule has 0 saturated carbocycles. The van der Waals surface area contributed by atoms with Crippen molar-refractivity contribution in [3.8, 4) is 11.5 Å². The zero-order chi connectivity index (χ0) is 28.6. The molecule has 8 nitrogen and oxygen atoms in total. The van der Waals surface area contributed by atoms with Crippen LogP contribution in [0.2, 0.25) is 0 Å². The monoisotopic (exact) mass is 602 g/mol. The summed E-state index contributed by atoms with van der Waals surface area (Å²) in [6.07, 6.45) is 4.34. The van der Waals surface area contributed by atoms with Gasteiger partial charge in [0, 0.05) is 22.1 Å². The number of nitrogens with one attached hydrogen (secondary N) is 1. The molecular formula is C31H31BrN4O4. The molecule has 1 heterocycles. The van der Waals surface area contributed by atoms with E-state index >= 15 is 0 Å². The van der Waals surface area contributed by atoms with Gasteiger partial charge in [0.15, 0.2) is 18.1 Å². The van der Waals surface area contributed by atoms with Gasteiger partial charge in [0.25, 0.3) is 11.5 Å². The fraction of sp³-hybridized carbons (Fsp3) is 0.226. The average Bonchev–Trinajstić information content (AvgIpc) is 2.94. The van der Waals surface area contributed by atoms with E-state index in [4.69, 9.17) is 9.47 Å². The van der Waals surface area contributed by atoms with Crippen LogP contribution in [0.4, 0.5) is 5.69 Å². The Hall–Kier alpha value is -4.24. The number of amides is 1. The zero-order valence-corrected chi connectivity index (χ0v) is 24.3. The molecule has 3 aromatic carbocycles. The van der Waals surface area contributed by atoms with E-state index in [1.165, 1.54) is 4.68 Å². The second kappa shape index (κ2) is 13.2. The summed E-state index contributed by atoms with van der Waals surface area (Å²) in [4.78, 5) is 30.5. The van der Waals surface area contributed by atoms with Crippen molar-refractivity contribution in [1.82, 2.24) is 9.66 Å². The Morgan fingerprint density at radius 3 is 2.60 bits per heavy atom. The molecule has 0 aliphatic rings. The number of carbonyl (C=O) groups is 1. The van der Waals surface area contributed by atoms with E-state index in [0.29, 0.717) is 58.9 Å². The van der Waals surface area contributed by atoms with Crippen molar-refractivity contribution in [3.63, 3.8) is 0 Å².